The van der Waals surface area contributed by atoms with E-state index in [0.29, 0.717) is 0 Å². The van der Waals surface area contributed by atoms with Crippen LogP contribution in [-0.4, -0.2) is 25.9 Å². The summed E-state index contributed by atoms with van der Waals surface area (Å²) in [6, 6.07) is 8.55. The maximum atomic E-state index is 4.45. The minimum absolute atomic E-state index is 0.240. The van der Waals surface area contributed by atoms with Crippen molar-refractivity contribution < 1.29 is 0 Å². The van der Waals surface area contributed by atoms with Gasteiger partial charge in [-0.05, 0) is 31.7 Å². The van der Waals surface area contributed by atoms with Gasteiger partial charge in [0.2, 0.25) is 0 Å². The molecular formula is C16H21N5. The molecule has 3 rings (SSSR count). The zero-order valence-electron chi connectivity index (χ0n) is 12.7. The molecule has 0 aliphatic heterocycles. The highest BCUT2D eigenvalue weighted by atomic mass is 15.3. The summed E-state index contributed by atoms with van der Waals surface area (Å²) in [4.78, 5) is 0. The minimum Gasteiger partial charge on any atom is -0.310 e. The van der Waals surface area contributed by atoms with Gasteiger partial charge >= 0.3 is 0 Å². The van der Waals surface area contributed by atoms with Gasteiger partial charge < -0.3 is 5.32 Å². The fraction of sp³-hybridized carbons (Fsp3) is 0.375. The van der Waals surface area contributed by atoms with Crippen LogP contribution < -0.4 is 5.32 Å². The van der Waals surface area contributed by atoms with E-state index in [2.05, 4.69) is 40.6 Å². The van der Waals surface area contributed by atoms with Crippen molar-refractivity contribution in [2.75, 3.05) is 6.54 Å². The molecule has 21 heavy (non-hydrogen) atoms. The van der Waals surface area contributed by atoms with Gasteiger partial charge in [-0.2, -0.15) is 10.2 Å². The Balaban J connectivity index is 1.96. The summed E-state index contributed by atoms with van der Waals surface area (Å²) in [6.07, 6.45) is 4.85. The lowest BCUT2D eigenvalue weighted by atomic mass is 10.0. The molecule has 5 heteroatoms. The molecule has 3 aromatic heterocycles. The Labute approximate surface area is 124 Å². The second kappa shape index (κ2) is 5.69. The van der Waals surface area contributed by atoms with Crippen LogP contribution in [0.1, 0.15) is 29.9 Å². The number of pyridine rings is 1. The van der Waals surface area contributed by atoms with Gasteiger partial charge in [-0.1, -0.05) is 13.0 Å². The van der Waals surface area contributed by atoms with Crippen LogP contribution in [0, 0.1) is 6.92 Å². The number of hydrogen-bond acceptors (Lipinski definition) is 3. The first kappa shape index (κ1) is 13.8. The number of nitrogens with zero attached hydrogens (tertiary/aromatic N) is 4. The molecule has 1 unspecified atom stereocenters. The summed E-state index contributed by atoms with van der Waals surface area (Å²) in [6.45, 7) is 5.08. The van der Waals surface area contributed by atoms with E-state index in [1.165, 1.54) is 11.3 Å². The smallest absolute Gasteiger partial charge is 0.0709 e. The van der Waals surface area contributed by atoms with E-state index in [-0.39, 0.29) is 6.04 Å². The lowest BCUT2D eigenvalue weighted by Crippen LogP contribution is -2.23. The van der Waals surface area contributed by atoms with Crippen molar-refractivity contribution in [1.82, 2.24) is 24.7 Å². The summed E-state index contributed by atoms with van der Waals surface area (Å²) in [5.74, 6) is 0. The van der Waals surface area contributed by atoms with E-state index in [1.807, 2.05) is 41.6 Å². The van der Waals surface area contributed by atoms with Crippen molar-refractivity contribution in [3.63, 3.8) is 0 Å². The lowest BCUT2D eigenvalue weighted by Gasteiger charge is -2.17. The number of hydrogen-bond donors (Lipinski definition) is 1. The number of aryl methyl sites for hydroxylation is 2. The Morgan fingerprint density at radius 2 is 2.19 bits per heavy atom. The van der Waals surface area contributed by atoms with Gasteiger partial charge in [0, 0.05) is 37.0 Å². The monoisotopic (exact) mass is 283 g/mol. The van der Waals surface area contributed by atoms with Gasteiger partial charge in [-0.3, -0.25) is 4.68 Å². The number of likely N-dealkylation sites (N-methyl/N-ethyl adjacent to an activating group) is 1. The predicted octanol–water partition coefficient (Wildman–Crippen LogP) is 2.27. The first-order valence-corrected chi connectivity index (χ1v) is 7.34. The van der Waals surface area contributed by atoms with E-state index >= 15 is 0 Å². The molecular weight excluding hydrogens is 262 g/mol. The van der Waals surface area contributed by atoms with Crippen LogP contribution >= 0.6 is 0 Å². The van der Waals surface area contributed by atoms with E-state index in [1.54, 1.807) is 0 Å². The van der Waals surface area contributed by atoms with Gasteiger partial charge in [-0.15, -0.1) is 0 Å². The average Bonchev–Trinajstić information content (AvgIpc) is 3.02. The third-order valence-electron chi connectivity index (χ3n) is 3.79. The molecule has 0 amide bonds. The van der Waals surface area contributed by atoms with Crippen molar-refractivity contribution in [3.05, 3.63) is 53.6 Å². The van der Waals surface area contributed by atoms with Crippen LogP contribution in [-0.2, 0) is 13.5 Å². The molecule has 0 aromatic carbocycles. The molecule has 5 nitrogen and oxygen atoms in total. The van der Waals surface area contributed by atoms with E-state index < -0.39 is 0 Å². The van der Waals surface area contributed by atoms with Crippen LogP contribution in [0.25, 0.3) is 5.52 Å². The summed E-state index contributed by atoms with van der Waals surface area (Å²) in [5.41, 5.74) is 4.68. The highest BCUT2D eigenvalue weighted by Crippen LogP contribution is 2.23. The second-order valence-corrected chi connectivity index (χ2v) is 5.35. The maximum absolute atomic E-state index is 4.45. The molecule has 1 atom stereocenters. The molecule has 0 bridgehead atoms. The largest absolute Gasteiger partial charge is 0.310 e. The normalized spacial score (nSPS) is 12.9. The van der Waals surface area contributed by atoms with Gasteiger partial charge in [0.25, 0.3) is 0 Å². The molecule has 3 heterocycles. The van der Waals surface area contributed by atoms with Crippen LogP contribution in [0.4, 0.5) is 0 Å². The van der Waals surface area contributed by atoms with Crippen LogP contribution in [0.3, 0.4) is 0 Å². The first-order chi connectivity index (χ1) is 10.2. The summed E-state index contributed by atoms with van der Waals surface area (Å²) in [7, 11) is 2.00. The van der Waals surface area contributed by atoms with Crippen molar-refractivity contribution in [2.45, 2.75) is 26.3 Å². The van der Waals surface area contributed by atoms with Crippen LogP contribution in [0.15, 0.2) is 36.7 Å². The van der Waals surface area contributed by atoms with Gasteiger partial charge in [0.15, 0.2) is 0 Å². The Kier molecular flexibility index (Phi) is 3.75. The topological polar surface area (TPSA) is 47.2 Å². The minimum atomic E-state index is 0.240. The number of aromatic nitrogens is 4. The SMILES string of the molecule is CCNC(Cc1cc(C)nn1C)c1cnn2ccccc12. The molecule has 1 N–H and O–H groups in total. The first-order valence-electron chi connectivity index (χ1n) is 7.34. The molecule has 0 saturated carbocycles. The Morgan fingerprint density at radius 1 is 1.33 bits per heavy atom. The van der Waals surface area contributed by atoms with Gasteiger partial charge in [0.05, 0.1) is 17.4 Å². The fourth-order valence-corrected chi connectivity index (χ4v) is 2.83. The molecule has 0 fully saturated rings. The Morgan fingerprint density at radius 3 is 2.90 bits per heavy atom. The highest BCUT2D eigenvalue weighted by molar-refractivity contribution is 5.55. The van der Waals surface area contributed by atoms with Gasteiger partial charge in [-0.25, -0.2) is 4.52 Å². The Hall–Kier alpha value is -2.14. The summed E-state index contributed by atoms with van der Waals surface area (Å²) >= 11 is 0. The van der Waals surface area contributed by atoms with Crippen molar-refractivity contribution in [2.24, 2.45) is 7.05 Å². The quantitative estimate of drug-likeness (QED) is 0.781. The average molecular weight is 283 g/mol. The molecule has 0 aliphatic carbocycles. The summed E-state index contributed by atoms with van der Waals surface area (Å²) < 4.78 is 3.89. The zero-order chi connectivity index (χ0) is 14.8. The molecule has 110 valence electrons. The molecule has 0 aliphatic rings. The molecule has 0 saturated heterocycles. The van der Waals surface area contributed by atoms with Gasteiger partial charge in [0.1, 0.15) is 0 Å². The maximum Gasteiger partial charge on any atom is 0.0709 e. The second-order valence-electron chi connectivity index (χ2n) is 5.35. The molecule has 0 radical (unpaired) electrons. The van der Waals surface area contributed by atoms with E-state index in [9.17, 15) is 0 Å². The highest BCUT2D eigenvalue weighted by Gasteiger charge is 2.17. The van der Waals surface area contributed by atoms with Crippen LogP contribution in [0.2, 0.25) is 0 Å². The fourth-order valence-electron chi connectivity index (χ4n) is 2.83. The standard InChI is InChI=1S/C16H21N5/c1-4-17-15(10-13-9-12(2)19-20(13)3)14-11-18-21-8-6-5-7-16(14)21/h5-9,11,15,17H,4,10H2,1-3H3. The number of nitrogens with one attached hydrogen (secondary N) is 1. The van der Waals surface area contributed by atoms with Crippen molar-refractivity contribution in [1.29, 1.82) is 0 Å². The van der Waals surface area contributed by atoms with Crippen LogP contribution in [0.5, 0.6) is 0 Å². The Bertz CT molecular complexity index is 740. The summed E-state index contributed by atoms with van der Waals surface area (Å²) in [5, 5.41) is 12.4. The third kappa shape index (κ3) is 2.69. The van der Waals surface area contributed by atoms with Crippen molar-refractivity contribution in [3.8, 4) is 0 Å². The number of fused-ring (bicyclic) bond motifs is 1. The molecule has 3 aromatic rings. The third-order valence-corrected chi connectivity index (χ3v) is 3.79. The number of rotatable bonds is 5. The predicted molar refractivity (Wildman–Crippen MR) is 83.3 cm³/mol. The zero-order valence-corrected chi connectivity index (χ0v) is 12.7. The molecule has 0 spiro atoms. The van der Waals surface area contributed by atoms with E-state index in [4.69, 9.17) is 0 Å². The van der Waals surface area contributed by atoms with E-state index in [0.717, 1.165) is 24.2 Å². The van der Waals surface area contributed by atoms with Crippen molar-refractivity contribution >= 4 is 5.52 Å². The lowest BCUT2D eigenvalue weighted by molar-refractivity contribution is 0.531.